The number of anilines is 1. The summed E-state index contributed by atoms with van der Waals surface area (Å²) in [5, 5.41) is 9.30. The van der Waals surface area contributed by atoms with Gasteiger partial charge in [-0.1, -0.05) is 0 Å². The van der Waals surface area contributed by atoms with E-state index in [0.717, 1.165) is 12.1 Å². The van der Waals surface area contributed by atoms with Crippen molar-refractivity contribution in [2.75, 3.05) is 11.9 Å². The van der Waals surface area contributed by atoms with Crippen LogP contribution in [0.1, 0.15) is 6.42 Å². The zero-order chi connectivity index (χ0) is 21.6. The lowest BCUT2D eigenvalue weighted by atomic mass is 10.3. The summed E-state index contributed by atoms with van der Waals surface area (Å²) in [5.41, 5.74) is 0.533. The van der Waals surface area contributed by atoms with Crippen LogP contribution in [0.15, 0.2) is 64.0 Å². The number of nitrogens with zero attached hydrogens (tertiary/aromatic N) is 2. The summed E-state index contributed by atoms with van der Waals surface area (Å²) in [7, 11) is 0. The number of ether oxygens (including phenoxy) is 1. The van der Waals surface area contributed by atoms with Crippen LogP contribution >= 0.6 is 0 Å². The number of carbonyl (C=O) groups excluding carboxylic acids is 1. The third kappa shape index (κ3) is 6.12. The van der Waals surface area contributed by atoms with Crippen LogP contribution < -0.4 is 20.9 Å². The molecule has 0 radical (unpaired) electrons. The number of aromatic nitrogens is 2. The Morgan fingerprint density at radius 1 is 1.13 bits per heavy atom. The van der Waals surface area contributed by atoms with E-state index in [1.807, 2.05) is 0 Å². The first-order chi connectivity index (χ1) is 14.3. The minimum absolute atomic E-state index is 0.250. The monoisotopic (exact) mass is 422 g/mol. The van der Waals surface area contributed by atoms with E-state index in [1.165, 1.54) is 29.1 Å². The van der Waals surface area contributed by atoms with Crippen LogP contribution in [0.4, 0.5) is 23.7 Å². The second-order valence-corrected chi connectivity index (χ2v) is 6.06. The summed E-state index contributed by atoms with van der Waals surface area (Å²) >= 11 is 0. The van der Waals surface area contributed by atoms with E-state index >= 15 is 0 Å². The van der Waals surface area contributed by atoms with Crippen molar-refractivity contribution in [3.05, 3.63) is 65.1 Å². The van der Waals surface area contributed by atoms with Crippen LogP contribution in [-0.4, -0.2) is 28.7 Å². The third-order valence-electron chi connectivity index (χ3n) is 3.82. The molecule has 0 atom stereocenters. The average molecular weight is 422 g/mol. The SMILES string of the molecule is O=C(NCCCn1nc(-c2ccco2)ccc1=O)Nc1ccc(OC(F)(F)F)cc1. The third-order valence-corrected chi connectivity index (χ3v) is 3.82. The highest BCUT2D eigenvalue weighted by molar-refractivity contribution is 5.89. The number of amides is 2. The minimum atomic E-state index is -4.78. The van der Waals surface area contributed by atoms with Gasteiger partial charge in [-0.25, -0.2) is 9.48 Å². The van der Waals surface area contributed by atoms with Crippen LogP contribution in [-0.2, 0) is 6.54 Å². The predicted molar refractivity (Wildman–Crippen MR) is 101 cm³/mol. The van der Waals surface area contributed by atoms with E-state index in [1.54, 1.807) is 18.2 Å². The zero-order valence-electron chi connectivity index (χ0n) is 15.5. The molecule has 158 valence electrons. The van der Waals surface area contributed by atoms with Crippen molar-refractivity contribution in [2.45, 2.75) is 19.3 Å². The summed E-state index contributed by atoms with van der Waals surface area (Å²) in [6, 6.07) is 10.6. The van der Waals surface area contributed by atoms with Crippen molar-refractivity contribution >= 4 is 11.7 Å². The topological polar surface area (TPSA) is 98.4 Å². The summed E-state index contributed by atoms with van der Waals surface area (Å²) in [6.07, 6.45) is -2.84. The highest BCUT2D eigenvalue weighted by Gasteiger charge is 2.30. The van der Waals surface area contributed by atoms with Crippen LogP contribution in [0.25, 0.3) is 11.5 Å². The number of halogens is 3. The molecule has 1 aromatic carbocycles. The summed E-state index contributed by atoms with van der Waals surface area (Å²) in [6.45, 7) is 0.525. The van der Waals surface area contributed by atoms with Gasteiger partial charge in [0.15, 0.2) is 5.76 Å². The van der Waals surface area contributed by atoms with Crippen molar-refractivity contribution in [3.63, 3.8) is 0 Å². The number of urea groups is 1. The van der Waals surface area contributed by atoms with Gasteiger partial charge in [-0.3, -0.25) is 4.79 Å². The maximum atomic E-state index is 12.1. The van der Waals surface area contributed by atoms with E-state index in [0.29, 0.717) is 23.6 Å². The lowest BCUT2D eigenvalue weighted by molar-refractivity contribution is -0.274. The Hall–Kier alpha value is -3.76. The molecule has 0 unspecified atom stereocenters. The smallest absolute Gasteiger partial charge is 0.463 e. The molecule has 0 bridgehead atoms. The maximum absolute atomic E-state index is 12.1. The van der Waals surface area contributed by atoms with Gasteiger partial charge in [0.05, 0.1) is 6.26 Å². The predicted octanol–water partition coefficient (Wildman–Crippen LogP) is 3.61. The van der Waals surface area contributed by atoms with Crippen molar-refractivity contribution < 1.29 is 27.1 Å². The number of nitrogens with one attached hydrogen (secondary N) is 2. The standard InChI is InChI=1S/C19H17F3N4O4/c20-19(21,22)30-14-6-4-13(5-7-14)24-18(28)23-10-2-11-26-17(27)9-8-15(25-26)16-3-1-12-29-16/h1,3-9,12H,2,10-11H2,(H2,23,24,28). The Labute approximate surface area is 168 Å². The van der Waals surface area contributed by atoms with Gasteiger partial charge in [-0.15, -0.1) is 13.2 Å². The summed E-state index contributed by atoms with van der Waals surface area (Å²) in [4.78, 5) is 23.8. The largest absolute Gasteiger partial charge is 0.573 e. The van der Waals surface area contributed by atoms with Gasteiger partial charge in [0.2, 0.25) is 0 Å². The first-order valence-corrected chi connectivity index (χ1v) is 8.83. The summed E-state index contributed by atoms with van der Waals surface area (Å²) < 4.78 is 46.7. The van der Waals surface area contributed by atoms with Crippen LogP contribution in [0.3, 0.4) is 0 Å². The molecule has 0 spiro atoms. The Morgan fingerprint density at radius 2 is 1.90 bits per heavy atom. The van der Waals surface area contributed by atoms with Gasteiger partial charge < -0.3 is 19.8 Å². The number of furan rings is 1. The van der Waals surface area contributed by atoms with Crippen molar-refractivity contribution in [1.29, 1.82) is 0 Å². The molecule has 11 heteroatoms. The molecule has 0 fully saturated rings. The molecule has 0 saturated carbocycles. The molecular formula is C19H17F3N4O4. The second-order valence-electron chi connectivity index (χ2n) is 6.06. The molecule has 0 aliphatic heterocycles. The molecule has 2 aromatic heterocycles. The van der Waals surface area contributed by atoms with Crippen LogP contribution in [0, 0.1) is 0 Å². The van der Waals surface area contributed by atoms with Gasteiger partial charge in [-0.2, -0.15) is 5.10 Å². The van der Waals surface area contributed by atoms with Crippen molar-refractivity contribution in [3.8, 4) is 17.2 Å². The van der Waals surface area contributed by atoms with E-state index in [9.17, 15) is 22.8 Å². The quantitative estimate of drug-likeness (QED) is 0.567. The van der Waals surface area contributed by atoms with E-state index in [2.05, 4.69) is 20.5 Å². The zero-order valence-corrected chi connectivity index (χ0v) is 15.5. The number of hydrogen-bond acceptors (Lipinski definition) is 5. The normalized spacial score (nSPS) is 11.2. The van der Waals surface area contributed by atoms with E-state index < -0.39 is 12.4 Å². The number of carbonyl (C=O) groups is 1. The molecule has 0 saturated heterocycles. The number of hydrogen-bond donors (Lipinski definition) is 2. The van der Waals surface area contributed by atoms with Gasteiger partial charge in [0, 0.05) is 24.8 Å². The maximum Gasteiger partial charge on any atom is 0.573 e. The number of aryl methyl sites for hydroxylation is 1. The Bertz CT molecular complexity index is 1030. The molecule has 2 heterocycles. The van der Waals surface area contributed by atoms with Gasteiger partial charge in [-0.05, 0) is 48.9 Å². The minimum Gasteiger partial charge on any atom is -0.463 e. The first-order valence-electron chi connectivity index (χ1n) is 8.83. The van der Waals surface area contributed by atoms with Gasteiger partial charge >= 0.3 is 12.4 Å². The lowest BCUT2D eigenvalue weighted by Gasteiger charge is -2.11. The van der Waals surface area contributed by atoms with Crippen molar-refractivity contribution in [2.24, 2.45) is 0 Å². The first kappa shape index (κ1) is 21.0. The fourth-order valence-electron chi connectivity index (χ4n) is 2.51. The van der Waals surface area contributed by atoms with Gasteiger partial charge in [0.1, 0.15) is 11.4 Å². The molecule has 2 N–H and O–H groups in total. The van der Waals surface area contributed by atoms with Gasteiger partial charge in [0.25, 0.3) is 5.56 Å². The van der Waals surface area contributed by atoms with E-state index in [-0.39, 0.29) is 24.4 Å². The van der Waals surface area contributed by atoms with Crippen LogP contribution in [0.5, 0.6) is 5.75 Å². The molecule has 30 heavy (non-hydrogen) atoms. The Morgan fingerprint density at radius 3 is 2.57 bits per heavy atom. The molecule has 8 nitrogen and oxygen atoms in total. The van der Waals surface area contributed by atoms with Crippen LogP contribution in [0.2, 0.25) is 0 Å². The lowest BCUT2D eigenvalue weighted by Crippen LogP contribution is -2.31. The molecule has 0 aliphatic carbocycles. The molecule has 3 rings (SSSR count). The number of alkyl halides is 3. The second kappa shape index (κ2) is 9.16. The fraction of sp³-hybridized carbons (Fsp3) is 0.211. The fourth-order valence-corrected chi connectivity index (χ4v) is 2.51. The summed E-state index contributed by atoms with van der Waals surface area (Å²) in [5.74, 6) is 0.149. The van der Waals surface area contributed by atoms with E-state index in [4.69, 9.17) is 4.42 Å². The number of rotatable bonds is 7. The molecule has 3 aromatic rings. The molecular weight excluding hydrogens is 405 g/mol. The average Bonchev–Trinajstić information content (AvgIpc) is 3.22. The Balaban J connectivity index is 1.45. The highest BCUT2D eigenvalue weighted by Crippen LogP contribution is 2.23. The molecule has 0 aliphatic rings. The van der Waals surface area contributed by atoms with Crippen molar-refractivity contribution in [1.82, 2.24) is 15.1 Å². The molecule has 2 amide bonds. The Kier molecular flexibility index (Phi) is 6.40. The highest BCUT2D eigenvalue weighted by atomic mass is 19.4. The number of benzene rings is 1.